The van der Waals surface area contributed by atoms with Gasteiger partial charge in [0.2, 0.25) is 5.91 Å². The quantitative estimate of drug-likeness (QED) is 0.837. The first kappa shape index (κ1) is 13.5. The van der Waals surface area contributed by atoms with Crippen LogP contribution in [0, 0.1) is 12.8 Å². The van der Waals surface area contributed by atoms with Crippen molar-refractivity contribution in [1.29, 1.82) is 0 Å². The molecule has 1 aromatic heterocycles. The zero-order valence-corrected chi connectivity index (χ0v) is 12.2. The summed E-state index contributed by atoms with van der Waals surface area (Å²) in [7, 11) is 0. The second-order valence-corrected chi connectivity index (χ2v) is 6.08. The molecule has 2 heterocycles. The van der Waals surface area contributed by atoms with Crippen LogP contribution in [0.5, 0.6) is 0 Å². The molecule has 4 nitrogen and oxygen atoms in total. The Bertz CT molecular complexity index is 408. The van der Waals surface area contributed by atoms with Crippen molar-refractivity contribution in [2.45, 2.75) is 27.3 Å². The van der Waals surface area contributed by atoms with Gasteiger partial charge in [-0.3, -0.25) is 9.69 Å². The van der Waals surface area contributed by atoms with Gasteiger partial charge in [0.25, 0.3) is 0 Å². The number of hydrogen-bond acceptors (Lipinski definition) is 4. The molecule has 5 heteroatoms. The third-order valence-electron chi connectivity index (χ3n) is 3.20. The lowest BCUT2D eigenvalue weighted by atomic mass is 10.1. The van der Waals surface area contributed by atoms with E-state index in [9.17, 15) is 4.79 Å². The van der Waals surface area contributed by atoms with E-state index in [1.807, 2.05) is 25.7 Å². The van der Waals surface area contributed by atoms with Crippen LogP contribution in [0.25, 0.3) is 0 Å². The van der Waals surface area contributed by atoms with Crippen LogP contribution in [-0.4, -0.2) is 46.9 Å². The van der Waals surface area contributed by atoms with Gasteiger partial charge in [-0.05, 0) is 6.92 Å². The third-order valence-corrected chi connectivity index (χ3v) is 4.15. The lowest BCUT2D eigenvalue weighted by molar-refractivity contribution is -0.136. The van der Waals surface area contributed by atoms with E-state index in [4.69, 9.17) is 0 Å². The molecule has 0 unspecified atom stereocenters. The summed E-state index contributed by atoms with van der Waals surface area (Å²) in [5, 5.41) is 3.27. The van der Waals surface area contributed by atoms with Gasteiger partial charge in [0, 0.05) is 43.2 Å². The van der Waals surface area contributed by atoms with E-state index in [0.29, 0.717) is 0 Å². The van der Waals surface area contributed by atoms with E-state index in [1.165, 1.54) is 5.01 Å². The summed E-state index contributed by atoms with van der Waals surface area (Å²) in [6.45, 7) is 10.5. The van der Waals surface area contributed by atoms with Crippen LogP contribution in [0.1, 0.15) is 24.5 Å². The summed E-state index contributed by atoms with van der Waals surface area (Å²) in [5.74, 6) is 0.387. The van der Waals surface area contributed by atoms with E-state index in [-0.39, 0.29) is 11.8 Å². The van der Waals surface area contributed by atoms with Crippen molar-refractivity contribution in [2.75, 3.05) is 26.2 Å². The fraction of sp³-hybridized carbons (Fsp3) is 0.692. The second kappa shape index (κ2) is 5.80. The van der Waals surface area contributed by atoms with Gasteiger partial charge in [-0.1, -0.05) is 13.8 Å². The van der Waals surface area contributed by atoms with E-state index in [2.05, 4.69) is 15.3 Å². The monoisotopic (exact) mass is 267 g/mol. The summed E-state index contributed by atoms with van der Waals surface area (Å²) in [4.78, 5) is 20.7. The molecule has 2 rings (SSSR count). The number of aryl methyl sites for hydroxylation is 1. The average Bonchev–Trinajstić information content (AvgIpc) is 2.75. The molecule has 18 heavy (non-hydrogen) atoms. The summed E-state index contributed by atoms with van der Waals surface area (Å²) in [6.07, 6.45) is 0. The Morgan fingerprint density at radius 1 is 1.39 bits per heavy atom. The maximum absolute atomic E-state index is 11.9. The Morgan fingerprint density at radius 2 is 2.06 bits per heavy atom. The van der Waals surface area contributed by atoms with Gasteiger partial charge in [0.05, 0.1) is 6.54 Å². The Hall–Kier alpha value is -0.940. The smallest absolute Gasteiger partial charge is 0.225 e. The van der Waals surface area contributed by atoms with E-state index in [0.717, 1.165) is 38.4 Å². The number of carbonyl (C=O) groups is 1. The molecule has 0 aliphatic carbocycles. The first-order valence-electron chi connectivity index (χ1n) is 6.48. The molecule has 0 atom stereocenters. The standard InChI is InChI=1S/C13H21N3OS/c1-10(2)13(17)16-6-4-15(5-7-16)8-12-14-11(3)9-18-12/h9-10H,4-8H2,1-3H3. The Labute approximate surface area is 113 Å². The minimum atomic E-state index is 0.109. The Morgan fingerprint density at radius 3 is 2.56 bits per heavy atom. The van der Waals surface area contributed by atoms with Crippen molar-refractivity contribution in [1.82, 2.24) is 14.8 Å². The highest BCUT2D eigenvalue weighted by atomic mass is 32.1. The number of piperazine rings is 1. The maximum Gasteiger partial charge on any atom is 0.225 e. The molecule has 0 radical (unpaired) electrons. The van der Waals surface area contributed by atoms with Crippen LogP contribution in [0.15, 0.2) is 5.38 Å². The van der Waals surface area contributed by atoms with E-state index < -0.39 is 0 Å². The van der Waals surface area contributed by atoms with Gasteiger partial charge in [0.15, 0.2) is 0 Å². The van der Waals surface area contributed by atoms with E-state index in [1.54, 1.807) is 11.3 Å². The molecule has 0 N–H and O–H groups in total. The highest BCUT2D eigenvalue weighted by Crippen LogP contribution is 2.14. The lowest BCUT2D eigenvalue weighted by Gasteiger charge is -2.35. The van der Waals surface area contributed by atoms with Crippen LogP contribution in [-0.2, 0) is 11.3 Å². The molecule has 0 saturated carbocycles. The largest absolute Gasteiger partial charge is 0.340 e. The van der Waals surface area contributed by atoms with Crippen LogP contribution in [0.2, 0.25) is 0 Å². The Kier molecular flexibility index (Phi) is 4.35. The predicted molar refractivity (Wildman–Crippen MR) is 73.5 cm³/mol. The van der Waals surface area contributed by atoms with Crippen molar-refractivity contribution in [3.63, 3.8) is 0 Å². The summed E-state index contributed by atoms with van der Waals surface area (Å²) >= 11 is 1.72. The van der Waals surface area contributed by atoms with E-state index >= 15 is 0 Å². The molecule has 1 aliphatic heterocycles. The molecule has 100 valence electrons. The summed E-state index contributed by atoms with van der Waals surface area (Å²) in [5.41, 5.74) is 1.10. The van der Waals surface area contributed by atoms with Gasteiger partial charge in [-0.15, -0.1) is 11.3 Å². The zero-order valence-electron chi connectivity index (χ0n) is 11.3. The molecular weight excluding hydrogens is 246 g/mol. The highest BCUT2D eigenvalue weighted by molar-refractivity contribution is 7.09. The molecule has 1 saturated heterocycles. The number of nitrogens with zero attached hydrogens (tertiary/aromatic N) is 3. The van der Waals surface area contributed by atoms with Gasteiger partial charge in [-0.2, -0.15) is 0 Å². The fourth-order valence-electron chi connectivity index (χ4n) is 2.16. The zero-order chi connectivity index (χ0) is 13.1. The highest BCUT2D eigenvalue weighted by Gasteiger charge is 2.23. The number of hydrogen-bond donors (Lipinski definition) is 0. The van der Waals surface area contributed by atoms with Gasteiger partial charge >= 0.3 is 0 Å². The van der Waals surface area contributed by atoms with Crippen LogP contribution in [0.4, 0.5) is 0 Å². The number of rotatable bonds is 3. The molecular formula is C13H21N3OS. The number of thiazole rings is 1. The minimum absolute atomic E-state index is 0.109. The summed E-state index contributed by atoms with van der Waals surface area (Å²) < 4.78 is 0. The molecule has 1 aliphatic rings. The van der Waals surface area contributed by atoms with Crippen molar-refractivity contribution in [2.24, 2.45) is 5.92 Å². The first-order chi connectivity index (χ1) is 8.56. The second-order valence-electron chi connectivity index (χ2n) is 5.14. The molecule has 0 aromatic carbocycles. The SMILES string of the molecule is Cc1csc(CN2CCN(C(=O)C(C)C)CC2)n1. The third kappa shape index (κ3) is 3.29. The van der Waals surface area contributed by atoms with Crippen LogP contribution in [0.3, 0.4) is 0 Å². The topological polar surface area (TPSA) is 36.4 Å². The summed E-state index contributed by atoms with van der Waals surface area (Å²) in [6, 6.07) is 0. The molecule has 0 bridgehead atoms. The van der Waals surface area contributed by atoms with Crippen molar-refractivity contribution in [3.8, 4) is 0 Å². The van der Waals surface area contributed by atoms with Crippen molar-refractivity contribution >= 4 is 17.2 Å². The van der Waals surface area contributed by atoms with Crippen molar-refractivity contribution in [3.05, 3.63) is 16.1 Å². The van der Waals surface area contributed by atoms with Crippen LogP contribution < -0.4 is 0 Å². The molecule has 1 fully saturated rings. The normalized spacial score (nSPS) is 17.4. The predicted octanol–water partition coefficient (Wildman–Crippen LogP) is 1.75. The van der Waals surface area contributed by atoms with Gasteiger partial charge < -0.3 is 4.90 Å². The average molecular weight is 267 g/mol. The molecule has 1 aromatic rings. The number of aromatic nitrogens is 1. The number of amides is 1. The fourth-order valence-corrected chi connectivity index (χ4v) is 2.97. The Balaban J connectivity index is 1.82. The van der Waals surface area contributed by atoms with Crippen molar-refractivity contribution < 1.29 is 4.79 Å². The molecule has 1 amide bonds. The van der Waals surface area contributed by atoms with Gasteiger partial charge in [0.1, 0.15) is 5.01 Å². The lowest BCUT2D eigenvalue weighted by Crippen LogP contribution is -2.49. The van der Waals surface area contributed by atoms with Gasteiger partial charge in [-0.25, -0.2) is 4.98 Å². The maximum atomic E-state index is 11.9. The first-order valence-corrected chi connectivity index (χ1v) is 7.36. The van der Waals surface area contributed by atoms with Crippen LogP contribution >= 0.6 is 11.3 Å². The minimum Gasteiger partial charge on any atom is -0.340 e. The molecule has 0 spiro atoms. The number of carbonyl (C=O) groups excluding carboxylic acids is 1.